The van der Waals surface area contributed by atoms with Gasteiger partial charge in [0.05, 0.1) is 6.10 Å². The highest BCUT2D eigenvalue weighted by atomic mass is 16.3. The van der Waals surface area contributed by atoms with E-state index in [1.165, 1.54) is 43.6 Å². The predicted octanol–water partition coefficient (Wildman–Crippen LogP) is 2.43. The average molecular weight is 416 g/mol. The van der Waals surface area contributed by atoms with Gasteiger partial charge < -0.3 is 20.6 Å². The maximum atomic E-state index is 9.65. The molecule has 0 bridgehead atoms. The van der Waals surface area contributed by atoms with E-state index in [1.54, 1.807) is 0 Å². The first kappa shape index (κ1) is 23.0. The van der Waals surface area contributed by atoms with Crippen molar-refractivity contribution in [1.29, 1.82) is 0 Å². The summed E-state index contributed by atoms with van der Waals surface area (Å²) in [5, 5.41) is 16.7. The highest BCUT2D eigenvalue weighted by molar-refractivity contribution is 5.79. The van der Waals surface area contributed by atoms with E-state index >= 15 is 0 Å². The monoisotopic (exact) mass is 415 g/mol. The van der Waals surface area contributed by atoms with Crippen molar-refractivity contribution in [3.05, 3.63) is 35.4 Å². The van der Waals surface area contributed by atoms with Gasteiger partial charge in [0.25, 0.3) is 0 Å². The second-order valence-electron chi connectivity index (χ2n) is 9.36. The quantitative estimate of drug-likeness (QED) is 0.472. The summed E-state index contributed by atoms with van der Waals surface area (Å²) in [4.78, 5) is 9.42. The number of nitrogens with one attached hydrogen (secondary N) is 2. The van der Waals surface area contributed by atoms with Crippen LogP contribution in [0.3, 0.4) is 0 Å². The molecule has 2 saturated heterocycles. The van der Waals surface area contributed by atoms with Crippen LogP contribution in [0.2, 0.25) is 0 Å². The zero-order valence-corrected chi connectivity index (χ0v) is 19.1. The largest absolute Gasteiger partial charge is 0.393 e. The number of rotatable bonds is 7. The van der Waals surface area contributed by atoms with Crippen molar-refractivity contribution in [3.63, 3.8) is 0 Å². The van der Waals surface area contributed by atoms with E-state index in [2.05, 4.69) is 63.5 Å². The number of hydrogen-bond donors (Lipinski definition) is 3. The number of piperidine rings is 2. The first-order chi connectivity index (χ1) is 14.5. The van der Waals surface area contributed by atoms with Crippen molar-refractivity contribution in [3.8, 4) is 0 Å². The minimum Gasteiger partial charge on any atom is -0.393 e. The molecule has 1 aromatic rings. The molecule has 3 N–H and O–H groups in total. The van der Waals surface area contributed by atoms with Crippen LogP contribution >= 0.6 is 0 Å². The van der Waals surface area contributed by atoms with Crippen molar-refractivity contribution in [2.45, 2.75) is 64.8 Å². The predicted molar refractivity (Wildman–Crippen MR) is 125 cm³/mol. The van der Waals surface area contributed by atoms with Crippen LogP contribution in [0.25, 0.3) is 0 Å². The van der Waals surface area contributed by atoms with Gasteiger partial charge in [-0.2, -0.15) is 0 Å². The Balaban J connectivity index is 1.38. The molecule has 1 aromatic carbocycles. The summed E-state index contributed by atoms with van der Waals surface area (Å²) in [6.07, 6.45) is 4.03. The van der Waals surface area contributed by atoms with Gasteiger partial charge in [0.15, 0.2) is 5.96 Å². The number of benzene rings is 1. The van der Waals surface area contributed by atoms with Gasteiger partial charge >= 0.3 is 0 Å². The fourth-order valence-corrected chi connectivity index (χ4v) is 4.45. The molecule has 0 amide bonds. The van der Waals surface area contributed by atoms with Crippen LogP contribution in [0.4, 0.5) is 0 Å². The highest BCUT2D eigenvalue weighted by Gasteiger charge is 2.20. The lowest BCUT2D eigenvalue weighted by Gasteiger charge is -2.34. The number of guanidine groups is 1. The SMILES string of the molecule is CN=C(NCc1ccc(CN2CCC(O)CC2)cc1)NC1CCN(CC(C)C)CC1. The van der Waals surface area contributed by atoms with Crippen LogP contribution in [0.15, 0.2) is 29.3 Å². The molecule has 0 unspecified atom stereocenters. The summed E-state index contributed by atoms with van der Waals surface area (Å²) < 4.78 is 0. The molecule has 6 nitrogen and oxygen atoms in total. The molecule has 0 spiro atoms. The van der Waals surface area contributed by atoms with Crippen LogP contribution in [-0.2, 0) is 13.1 Å². The summed E-state index contributed by atoms with van der Waals surface area (Å²) >= 11 is 0. The molecule has 0 aliphatic carbocycles. The van der Waals surface area contributed by atoms with Crippen LogP contribution < -0.4 is 10.6 Å². The summed E-state index contributed by atoms with van der Waals surface area (Å²) in [5.74, 6) is 1.64. The van der Waals surface area contributed by atoms with Gasteiger partial charge in [-0.25, -0.2) is 0 Å². The van der Waals surface area contributed by atoms with Crippen LogP contribution in [0.5, 0.6) is 0 Å². The molecule has 0 atom stereocenters. The van der Waals surface area contributed by atoms with E-state index in [-0.39, 0.29) is 6.10 Å². The first-order valence-electron chi connectivity index (χ1n) is 11.7. The van der Waals surface area contributed by atoms with Gasteiger partial charge in [0, 0.05) is 58.9 Å². The summed E-state index contributed by atoms with van der Waals surface area (Å²) in [5.41, 5.74) is 2.60. The van der Waals surface area contributed by atoms with E-state index < -0.39 is 0 Å². The molecule has 0 aromatic heterocycles. The lowest BCUT2D eigenvalue weighted by atomic mass is 10.0. The molecule has 2 aliphatic heterocycles. The summed E-state index contributed by atoms with van der Waals surface area (Å²) in [6.45, 7) is 11.9. The third kappa shape index (κ3) is 7.56. The molecule has 2 fully saturated rings. The Morgan fingerprint density at radius 2 is 1.60 bits per heavy atom. The third-order valence-corrected chi connectivity index (χ3v) is 6.22. The Bertz CT molecular complexity index is 644. The second kappa shape index (κ2) is 11.7. The maximum Gasteiger partial charge on any atom is 0.191 e. The number of aliphatic imine (C=N–C) groups is 1. The highest BCUT2D eigenvalue weighted by Crippen LogP contribution is 2.15. The van der Waals surface area contributed by atoms with E-state index in [0.29, 0.717) is 6.04 Å². The van der Waals surface area contributed by atoms with Crippen LogP contribution in [-0.4, -0.2) is 72.8 Å². The lowest BCUT2D eigenvalue weighted by molar-refractivity contribution is 0.0792. The van der Waals surface area contributed by atoms with Gasteiger partial charge in [-0.15, -0.1) is 0 Å². The molecule has 3 rings (SSSR count). The van der Waals surface area contributed by atoms with Gasteiger partial charge in [-0.3, -0.25) is 9.89 Å². The van der Waals surface area contributed by atoms with Crippen molar-refractivity contribution in [2.24, 2.45) is 10.9 Å². The number of aliphatic hydroxyl groups is 1. The molecule has 6 heteroatoms. The van der Waals surface area contributed by atoms with Crippen molar-refractivity contribution < 1.29 is 5.11 Å². The van der Waals surface area contributed by atoms with Crippen LogP contribution in [0, 0.1) is 5.92 Å². The molecule has 2 heterocycles. The third-order valence-electron chi connectivity index (χ3n) is 6.22. The van der Waals surface area contributed by atoms with Crippen molar-refractivity contribution >= 4 is 5.96 Å². The first-order valence-corrected chi connectivity index (χ1v) is 11.7. The van der Waals surface area contributed by atoms with E-state index in [9.17, 15) is 5.11 Å². The molecular formula is C24H41N5O. The Morgan fingerprint density at radius 1 is 1.00 bits per heavy atom. The molecule has 0 radical (unpaired) electrons. The number of nitrogens with zero attached hydrogens (tertiary/aromatic N) is 3. The Morgan fingerprint density at radius 3 is 2.20 bits per heavy atom. The Hall–Kier alpha value is -1.63. The van der Waals surface area contributed by atoms with Gasteiger partial charge in [0.2, 0.25) is 0 Å². The lowest BCUT2D eigenvalue weighted by Crippen LogP contribution is -2.48. The minimum absolute atomic E-state index is 0.106. The molecule has 0 saturated carbocycles. The normalized spacial score (nSPS) is 20.6. The number of hydrogen-bond acceptors (Lipinski definition) is 4. The van der Waals surface area contributed by atoms with Gasteiger partial charge in [-0.1, -0.05) is 38.1 Å². The molecular weight excluding hydrogens is 374 g/mol. The molecule has 2 aliphatic rings. The summed E-state index contributed by atoms with van der Waals surface area (Å²) in [7, 11) is 1.85. The van der Waals surface area contributed by atoms with E-state index in [1.807, 2.05) is 7.05 Å². The van der Waals surface area contributed by atoms with E-state index in [0.717, 1.165) is 50.9 Å². The van der Waals surface area contributed by atoms with Gasteiger partial charge in [-0.05, 0) is 42.7 Å². The summed E-state index contributed by atoms with van der Waals surface area (Å²) in [6, 6.07) is 9.37. The smallest absolute Gasteiger partial charge is 0.191 e. The molecule has 30 heavy (non-hydrogen) atoms. The fraction of sp³-hybridized carbons (Fsp3) is 0.708. The fourth-order valence-electron chi connectivity index (χ4n) is 4.45. The van der Waals surface area contributed by atoms with E-state index in [4.69, 9.17) is 0 Å². The van der Waals surface area contributed by atoms with Gasteiger partial charge in [0.1, 0.15) is 0 Å². The average Bonchev–Trinajstić information content (AvgIpc) is 2.74. The van der Waals surface area contributed by atoms with Crippen LogP contribution in [0.1, 0.15) is 50.7 Å². The van der Waals surface area contributed by atoms with Crippen molar-refractivity contribution in [1.82, 2.24) is 20.4 Å². The Kier molecular flexibility index (Phi) is 8.97. The minimum atomic E-state index is -0.106. The second-order valence-corrected chi connectivity index (χ2v) is 9.36. The topological polar surface area (TPSA) is 63.1 Å². The van der Waals surface area contributed by atoms with Crippen molar-refractivity contribution in [2.75, 3.05) is 39.8 Å². The zero-order valence-electron chi connectivity index (χ0n) is 19.1. The number of aliphatic hydroxyl groups excluding tert-OH is 1. The Labute approximate surface area is 182 Å². The zero-order chi connectivity index (χ0) is 21.3. The standard InChI is InChI=1S/C24H41N5O/c1-19(2)17-28-12-8-22(9-13-28)27-24(25-3)26-16-20-4-6-21(7-5-20)18-29-14-10-23(30)11-15-29/h4-7,19,22-23,30H,8-18H2,1-3H3,(H2,25,26,27). The molecule has 168 valence electrons. The maximum absolute atomic E-state index is 9.65. The number of likely N-dealkylation sites (tertiary alicyclic amines) is 2.